The fourth-order valence-electron chi connectivity index (χ4n) is 1.24. The van der Waals surface area contributed by atoms with Gasteiger partial charge in [0.15, 0.2) is 0 Å². The molecule has 1 aromatic carbocycles. The minimum Gasteiger partial charge on any atom is -0.375 e. The smallest absolute Gasteiger partial charge is 0.213 e. The molecule has 0 atom stereocenters. The number of benzene rings is 1. The average Bonchev–Trinajstić information content (AvgIpc) is 1.99. The van der Waals surface area contributed by atoms with Crippen LogP contribution >= 0.6 is 0 Å². The minimum atomic E-state index is -3.61. The predicted octanol–water partition coefficient (Wildman–Crippen LogP) is 0.680. The first kappa shape index (κ1) is 11.9. The summed E-state index contributed by atoms with van der Waals surface area (Å²) in [6.07, 6.45) is 0. The Morgan fingerprint density at radius 3 is 2.40 bits per heavy atom. The van der Waals surface area contributed by atoms with Crippen LogP contribution in [0, 0.1) is 5.82 Å². The van der Waals surface area contributed by atoms with Crippen LogP contribution in [0.3, 0.4) is 0 Å². The zero-order chi connectivity index (χ0) is 11.6. The van der Waals surface area contributed by atoms with Crippen LogP contribution in [0.2, 0.25) is 0 Å². The maximum Gasteiger partial charge on any atom is 0.213 e. The van der Waals surface area contributed by atoms with E-state index in [0.717, 1.165) is 0 Å². The van der Waals surface area contributed by atoms with Crippen LogP contribution in [-0.2, 0) is 15.8 Å². The van der Waals surface area contributed by atoms with Gasteiger partial charge in [0.2, 0.25) is 10.0 Å². The van der Waals surface area contributed by atoms with Gasteiger partial charge >= 0.3 is 0 Å². The third-order valence-corrected chi connectivity index (χ3v) is 2.60. The van der Waals surface area contributed by atoms with Crippen LogP contribution < -0.4 is 10.0 Å². The Bertz CT molecular complexity index is 457. The highest BCUT2D eigenvalue weighted by atomic mass is 32.2. The van der Waals surface area contributed by atoms with Gasteiger partial charge in [0.1, 0.15) is 5.82 Å². The van der Waals surface area contributed by atoms with E-state index >= 15 is 0 Å². The maximum absolute atomic E-state index is 13.4. The molecule has 0 radical (unpaired) electrons. The zero-order valence-corrected chi connectivity index (χ0v) is 9.38. The molecular weight excluding hydrogens is 219 g/mol. The number of sulfonamides is 1. The molecule has 0 fully saturated rings. The van der Waals surface area contributed by atoms with E-state index < -0.39 is 15.8 Å². The van der Waals surface area contributed by atoms with Gasteiger partial charge in [-0.15, -0.1) is 0 Å². The summed E-state index contributed by atoms with van der Waals surface area (Å²) >= 11 is 0. The number of anilines is 1. The van der Waals surface area contributed by atoms with Crippen LogP contribution in [0.1, 0.15) is 5.56 Å². The normalized spacial score (nSPS) is 11.5. The molecule has 0 saturated heterocycles. The first-order valence-electron chi connectivity index (χ1n) is 4.26. The Labute approximate surface area is 88.6 Å². The van der Waals surface area contributed by atoms with Crippen LogP contribution in [0.25, 0.3) is 0 Å². The summed E-state index contributed by atoms with van der Waals surface area (Å²) in [5.74, 6) is -0.807. The molecule has 0 aromatic heterocycles. The first-order valence-corrected chi connectivity index (χ1v) is 5.97. The van der Waals surface area contributed by atoms with E-state index in [1.165, 1.54) is 12.1 Å². The summed E-state index contributed by atoms with van der Waals surface area (Å²) < 4.78 is 35.0. The van der Waals surface area contributed by atoms with Gasteiger partial charge in [-0.25, -0.2) is 17.9 Å². The van der Waals surface area contributed by atoms with Gasteiger partial charge in [-0.1, -0.05) is 6.07 Å². The summed E-state index contributed by atoms with van der Waals surface area (Å²) in [6, 6.07) is 4.25. The average molecular weight is 232 g/mol. The highest BCUT2D eigenvalue weighted by Crippen LogP contribution is 2.18. The fraction of sp³-hybridized carbons (Fsp3) is 0.333. The van der Waals surface area contributed by atoms with E-state index in [1.807, 2.05) is 0 Å². The minimum absolute atomic E-state index is 0.348. The molecule has 0 aliphatic carbocycles. The second-order valence-electron chi connectivity index (χ2n) is 3.49. The van der Waals surface area contributed by atoms with Crippen LogP contribution in [0.4, 0.5) is 10.1 Å². The molecule has 0 aliphatic heterocycles. The number of nitrogens with zero attached hydrogens (tertiary/aromatic N) is 1. The summed E-state index contributed by atoms with van der Waals surface area (Å²) in [7, 11) is -0.195. The number of rotatable bonds is 3. The van der Waals surface area contributed by atoms with E-state index in [0.29, 0.717) is 11.3 Å². The molecule has 0 amide bonds. The summed E-state index contributed by atoms with van der Waals surface area (Å²) in [6.45, 7) is 0. The summed E-state index contributed by atoms with van der Waals surface area (Å²) in [5.41, 5.74) is 0.758. The van der Waals surface area contributed by atoms with Gasteiger partial charge in [-0.05, 0) is 17.7 Å². The SMILES string of the molecule is CN(C)c1ccc(CS(N)(=O)=O)cc1F. The van der Waals surface area contributed by atoms with Gasteiger partial charge in [-0.2, -0.15) is 0 Å². The second kappa shape index (κ2) is 4.16. The van der Waals surface area contributed by atoms with Crippen molar-refractivity contribution in [1.82, 2.24) is 0 Å². The Morgan fingerprint density at radius 2 is 2.00 bits per heavy atom. The van der Waals surface area contributed by atoms with Gasteiger partial charge in [0.25, 0.3) is 0 Å². The summed E-state index contributed by atoms with van der Waals surface area (Å²) in [4.78, 5) is 1.61. The maximum atomic E-state index is 13.4. The number of nitrogens with two attached hydrogens (primary N) is 1. The number of hydrogen-bond acceptors (Lipinski definition) is 3. The van der Waals surface area contributed by atoms with Gasteiger partial charge in [0.05, 0.1) is 11.4 Å². The van der Waals surface area contributed by atoms with Crippen molar-refractivity contribution >= 4 is 15.7 Å². The monoisotopic (exact) mass is 232 g/mol. The highest BCUT2D eigenvalue weighted by Gasteiger charge is 2.09. The van der Waals surface area contributed by atoms with Crippen LogP contribution in [0.15, 0.2) is 18.2 Å². The third kappa shape index (κ3) is 3.49. The van der Waals surface area contributed by atoms with Crippen LogP contribution in [0.5, 0.6) is 0 Å². The molecule has 0 bridgehead atoms. The number of primary sulfonamides is 1. The molecule has 84 valence electrons. The third-order valence-electron chi connectivity index (χ3n) is 1.86. The van der Waals surface area contributed by atoms with Crippen molar-refractivity contribution in [1.29, 1.82) is 0 Å². The molecule has 0 aliphatic rings. The van der Waals surface area contributed by atoms with Crippen molar-refractivity contribution in [2.45, 2.75) is 5.75 Å². The van der Waals surface area contributed by atoms with E-state index in [-0.39, 0.29) is 5.75 Å². The zero-order valence-electron chi connectivity index (χ0n) is 8.57. The molecule has 6 heteroatoms. The Balaban J connectivity index is 3.02. The molecule has 1 aromatic rings. The molecular formula is C9H13FN2O2S. The standard InChI is InChI=1S/C9H13FN2O2S/c1-12(2)9-4-3-7(5-8(9)10)6-15(11,13)14/h3-5H,6H2,1-2H3,(H2,11,13,14). The molecule has 15 heavy (non-hydrogen) atoms. The van der Waals surface area contributed by atoms with Crippen molar-refractivity contribution in [3.05, 3.63) is 29.6 Å². The first-order chi connectivity index (χ1) is 6.79. The Hall–Kier alpha value is -1.14. The van der Waals surface area contributed by atoms with Crippen molar-refractivity contribution in [3.63, 3.8) is 0 Å². The van der Waals surface area contributed by atoms with Crippen LogP contribution in [-0.4, -0.2) is 22.5 Å². The summed E-state index contributed by atoms with van der Waals surface area (Å²) in [5, 5.41) is 4.85. The topological polar surface area (TPSA) is 63.4 Å². The Morgan fingerprint density at radius 1 is 1.40 bits per heavy atom. The van der Waals surface area contributed by atoms with Crippen molar-refractivity contribution in [3.8, 4) is 0 Å². The lowest BCUT2D eigenvalue weighted by atomic mass is 10.2. The van der Waals surface area contributed by atoms with Gasteiger partial charge < -0.3 is 4.90 Å². The lowest BCUT2D eigenvalue weighted by Gasteiger charge is -2.13. The van der Waals surface area contributed by atoms with Gasteiger partial charge in [-0.3, -0.25) is 0 Å². The second-order valence-corrected chi connectivity index (χ2v) is 5.10. The van der Waals surface area contributed by atoms with Crippen molar-refractivity contribution in [2.24, 2.45) is 5.14 Å². The molecule has 0 saturated carbocycles. The lowest BCUT2D eigenvalue weighted by Crippen LogP contribution is -2.15. The Kier molecular flexibility index (Phi) is 3.31. The fourth-order valence-corrected chi connectivity index (χ4v) is 1.88. The van der Waals surface area contributed by atoms with E-state index in [9.17, 15) is 12.8 Å². The molecule has 1 rings (SSSR count). The lowest BCUT2D eigenvalue weighted by molar-refractivity contribution is 0.596. The molecule has 2 N–H and O–H groups in total. The quantitative estimate of drug-likeness (QED) is 0.833. The number of halogens is 1. The predicted molar refractivity (Wildman–Crippen MR) is 57.5 cm³/mol. The number of hydrogen-bond donors (Lipinski definition) is 1. The molecule has 0 heterocycles. The van der Waals surface area contributed by atoms with E-state index in [4.69, 9.17) is 5.14 Å². The van der Waals surface area contributed by atoms with Crippen molar-refractivity contribution in [2.75, 3.05) is 19.0 Å². The molecule has 0 unspecified atom stereocenters. The van der Waals surface area contributed by atoms with Gasteiger partial charge in [0, 0.05) is 14.1 Å². The van der Waals surface area contributed by atoms with Crippen molar-refractivity contribution < 1.29 is 12.8 Å². The molecule has 0 spiro atoms. The van der Waals surface area contributed by atoms with E-state index in [2.05, 4.69) is 0 Å². The largest absolute Gasteiger partial charge is 0.375 e. The van der Waals surface area contributed by atoms with E-state index in [1.54, 1.807) is 25.1 Å². The molecule has 4 nitrogen and oxygen atoms in total. The highest BCUT2D eigenvalue weighted by molar-refractivity contribution is 7.88.